The highest BCUT2D eigenvalue weighted by Crippen LogP contribution is 2.37. The van der Waals surface area contributed by atoms with Crippen LogP contribution in [0.25, 0.3) is 0 Å². The van der Waals surface area contributed by atoms with E-state index in [1.807, 2.05) is 0 Å². The van der Waals surface area contributed by atoms with Crippen LogP contribution in [0.4, 0.5) is 0 Å². The molecule has 0 N–H and O–H groups in total. The van der Waals surface area contributed by atoms with Gasteiger partial charge >= 0.3 is 0 Å². The Bertz CT molecular complexity index is 753. The lowest BCUT2D eigenvalue weighted by atomic mass is 9.90. The van der Waals surface area contributed by atoms with E-state index in [9.17, 15) is 4.79 Å². The molecule has 3 heteroatoms. The van der Waals surface area contributed by atoms with Crippen molar-refractivity contribution in [2.24, 2.45) is 5.92 Å². The third-order valence-electron chi connectivity index (χ3n) is 6.64. The molecule has 0 unspecified atom stereocenters. The zero-order valence-electron chi connectivity index (χ0n) is 17.0. The molecule has 2 heterocycles. The number of benzene rings is 2. The monoisotopic (exact) mass is 376 g/mol. The number of rotatable bonds is 5. The van der Waals surface area contributed by atoms with Crippen molar-refractivity contribution in [1.82, 2.24) is 9.80 Å². The number of nitrogens with zero attached hydrogens (tertiary/aromatic N) is 2. The fourth-order valence-electron chi connectivity index (χ4n) is 5.12. The molecule has 2 saturated heterocycles. The maximum absolute atomic E-state index is 13.3. The molecule has 2 fully saturated rings. The average Bonchev–Trinajstić information content (AvgIpc) is 3.19. The molecule has 0 spiro atoms. The molecule has 4 rings (SSSR count). The van der Waals surface area contributed by atoms with Crippen molar-refractivity contribution in [3.8, 4) is 0 Å². The molecule has 0 saturated carbocycles. The topological polar surface area (TPSA) is 23.6 Å². The van der Waals surface area contributed by atoms with Gasteiger partial charge in [-0.1, -0.05) is 67.6 Å². The van der Waals surface area contributed by atoms with E-state index in [0.717, 1.165) is 51.7 Å². The molecule has 2 atom stereocenters. The van der Waals surface area contributed by atoms with Crippen molar-refractivity contribution in [2.75, 3.05) is 19.6 Å². The molecule has 1 amide bonds. The molecule has 0 aromatic heterocycles. The van der Waals surface area contributed by atoms with Gasteiger partial charge in [0, 0.05) is 19.1 Å². The Balaban J connectivity index is 1.35. The van der Waals surface area contributed by atoms with Gasteiger partial charge in [0.25, 0.3) is 0 Å². The predicted molar refractivity (Wildman–Crippen MR) is 114 cm³/mol. The zero-order valence-corrected chi connectivity index (χ0v) is 17.0. The normalized spacial score (nSPS) is 23.8. The van der Waals surface area contributed by atoms with E-state index >= 15 is 0 Å². The molecule has 28 heavy (non-hydrogen) atoms. The number of carbonyl (C=O) groups is 1. The molecular weight excluding hydrogens is 344 g/mol. The third kappa shape index (κ3) is 4.15. The van der Waals surface area contributed by atoms with Crippen LogP contribution in [0.3, 0.4) is 0 Å². The number of likely N-dealkylation sites (tertiary alicyclic amines) is 2. The maximum atomic E-state index is 13.3. The van der Waals surface area contributed by atoms with Crippen LogP contribution in [0.5, 0.6) is 0 Å². The summed E-state index contributed by atoms with van der Waals surface area (Å²) in [5, 5.41) is 0. The van der Waals surface area contributed by atoms with Gasteiger partial charge in [-0.25, -0.2) is 0 Å². The highest BCUT2D eigenvalue weighted by Gasteiger charge is 2.39. The van der Waals surface area contributed by atoms with E-state index in [1.165, 1.54) is 11.1 Å². The largest absolute Gasteiger partial charge is 0.341 e. The molecule has 3 nitrogen and oxygen atoms in total. The molecule has 2 aliphatic heterocycles. The Labute approximate surface area is 169 Å². The lowest BCUT2D eigenvalue weighted by molar-refractivity contribution is -0.137. The van der Waals surface area contributed by atoms with Gasteiger partial charge in [-0.15, -0.1) is 0 Å². The number of carbonyl (C=O) groups excluding carboxylic acids is 1. The summed E-state index contributed by atoms with van der Waals surface area (Å²) in [6, 6.07) is 21.9. The number of amides is 1. The van der Waals surface area contributed by atoms with E-state index < -0.39 is 0 Å². The molecule has 0 radical (unpaired) electrons. The Kier molecular flexibility index (Phi) is 6.11. The van der Waals surface area contributed by atoms with Crippen LogP contribution >= 0.6 is 0 Å². The van der Waals surface area contributed by atoms with Gasteiger partial charge < -0.3 is 4.90 Å². The Morgan fingerprint density at radius 1 is 0.893 bits per heavy atom. The molecule has 2 aromatic carbocycles. The van der Waals surface area contributed by atoms with Crippen LogP contribution in [0.15, 0.2) is 60.7 Å². The van der Waals surface area contributed by atoms with Crippen LogP contribution < -0.4 is 0 Å². The smallest absolute Gasteiger partial charge is 0.239 e. The first-order valence-electron chi connectivity index (χ1n) is 10.9. The number of piperidine rings is 1. The lowest BCUT2D eigenvalue weighted by Crippen LogP contribution is -2.48. The quantitative estimate of drug-likeness (QED) is 0.756. The van der Waals surface area contributed by atoms with Gasteiger partial charge in [-0.05, 0) is 55.7 Å². The van der Waals surface area contributed by atoms with Gasteiger partial charge in [0.2, 0.25) is 5.91 Å². The minimum Gasteiger partial charge on any atom is -0.341 e. The van der Waals surface area contributed by atoms with Crippen molar-refractivity contribution in [3.63, 3.8) is 0 Å². The fourth-order valence-corrected chi connectivity index (χ4v) is 5.12. The van der Waals surface area contributed by atoms with Crippen LogP contribution in [0.2, 0.25) is 0 Å². The standard InChI is InChI=1S/C25H32N2O/c1-2-27-23(22-11-7-4-8-12-22)13-14-24(27)25(28)26-17-15-21(16-18-26)19-20-9-5-3-6-10-20/h3-12,21,23-24H,2,13-19H2,1H3/t23-,24+/m1/s1. The van der Waals surface area contributed by atoms with Crippen LogP contribution in [0.1, 0.15) is 49.8 Å². The van der Waals surface area contributed by atoms with E-state index in [2.05, 4.69) is 77.4 Å². The summed E-state index contributed by atoms with van der Waals surface area (Å²) in [6.07, 6.45) is 5.46. The van der Waals surface area contributed by atoms with Crippen molar-refractivity contribution >= 4 is 5.91 Å². The first kappa shape index (κ1) is 19.2. The predicted octanol–water partition coefficient (Wildman–Crippen LogP) is 4.69. The highest BCUT2D eigenvalue weighted by atomic mass is 16.2. The average molecular weight is 377 g/mol. The lowest BCUT2D eigenvalue weighted by Gasteiger charge is -2.36. The molecule has 2 aromatic rings. The summed E-state index contributed by atoms with van der Waals surface area (Å²) >= 11 is 0. The Hall–Kier alpha value is -2.13. The van der Waals surface area contributed by atoms with E-state index in [-0.39, 0.29) is 6.04 Å². The summed E-state index contributed by atoms with van der Waals surface area (Å²) < 4.78 is 0. The zero-order chi connectivity index (χ0) is 19.3. The number of likely N-dealkylation sites (N-methyl/N-ethyl adjacent to an activating group) is 1. The summed E-state index contributed by atoms with van der Waals surface area (Å²) in [6.45, 7) is 4.95. The number of hydrogen-bond acceptors (Lipinski definition) is 2. The first-order valence-corrected chi connectivity index (χ1v) is 10.9. The van der Waals surface area contributed by atoms with Gasteiger partial charge in [0.05, 0.1) is 6.04 Å². The molecule has 2 aliphatic rings. The van der Waals surface area contributed by atoms with E-state index in [1.54, 1.807) is 0 Å². The van der Waals surface area contributed by atoms with Gasteiger partial charge in [-0.3, -0.25) is 9.69 Å². The Morgan fingerprint density at radius 2 is 1.54 bits per heavy atom. The maximum Gasteiger partial charge on any atom is 0.239 e. The SMILES string of the molecule is CCN1[C@@H](c2ccccc2)CC[C@H]1C(=O)N1CCC(Cc2ccccc2)CC1. The van der Waals surface area contributed by atoms with Gasteiger partial charge in [0.1, 0.15) is 0 Å². The molecule has 0 aliphatic carbocycles. The summed E-state index contributed by atoms with van der Waals surface area (Å²) in [5.74, 6) is 1.06. The summed E-state index contributed by atoms with van der Waals surface area (Å²) in [5.41, 5.74) is 2.77. The second-order valence-electron chi connectivity index (χ2n) is 8.31. The number of hydrogen-bond donors (Lipinski definition) is 0. The highest BCUT2D eigenvalue weighted by molar-refractivity contribution is 5.82. The van der Waals surface area contributed by atoms with Gasteiger partial charge in [-0.2, -0.15) is 0 Å². The van der Waals surface area contributed by atoms with Crippen LogP contribution in [-0.4, -0.2) is 41.4 Å². The Morgan fingerprint density at radius 3 is 2.18 bits per heavy atom. The minimum absolute atomic E-state index is 0.0564. The first-order chi connectivity index (χ1) is 13.8. The van der Waals surface area contributed by atoms with Gasteiger partial charge in [0.15, 0.2) is 0 Å². The van der Waals surface area contributed by atoms with Crippen LogP contribution in [-0.2, 0) is 11.2 Å². The summed E-state index contributed by atoms with van der Waals surface area (Å²) in [4.78, 5) is 17.9. The fraction of sp³-hybridized carbons (Fsp3) is 0.480. The van der Waals surface area contributed by atoms with Crippen LogP contribution in [0, 0.1) is 5.92 Å². The van der Waals surface area contributed by atoms with Crippen molar-refractivity contribution < 1.29 is 4.79 Å². The summed E-state index contributed by atoms with van der Waals surface area (Å²) in [7, 11) is 0. The minimum atomic E-state index is 0.0564. The van der Waals surface area contributed by atoms with E-state index in [4.69, 9.17) is 0 Å². The second kappa shape index (κ2) is 8.91. The van der Waals surface area contributed by atoms with Crippen molar-refractivity contribution in [2.45, 2.75) is 51.1 Å². The third-order valence-corrected chi connectivity index (χ3v) is 6.64. The van der Waals surface area contributed by atoms with Crippen molar-refractivity contribution in [3.05, 3.63) is 71.8 Å². The molecule has 0 bridgehead atoms. The molecular formula is C25H32N2O. The molecule has 148 valence electrons. The second-order valence-corrected chi connectivity index (χ2v) is 8.31. The van der Waals surface area contributed by atoms with Crippen molar-refractivity contribution in [1.29, 1.82) is 0 Å². The van der Waals surface area contributed by atoms with E-state index in [0.29, 0.717) is 17.9 Å².